The third kappa shape index (κ3) is 3.43. The molecule has 0 spiro atoms. The fraction of sp³-hybridized carbons (Fsp3) is 0.923. The number of hydrogen-bond donors (Lipinski definition) is 0. The van der Waals surface area contributed by atoms with E-state index < -0.39 is 0 Å². The van der Waals surface area contributed by atoms with Crippen molar-refractivity contribution in [1.29, 1.82) is 0 Å². The van der Waals surface area contributed by atoms with Gasteiger partial charge in [0.25, 0.3) is 0 Å². The van der Waals surface area contributed by atoms with Crippen LogP contribution in [0.4, 0.5) is 0 Å². The molecule has 0 saturated heterocycles. The first-order chi connectivity index (χ1) is 6.29. The molecule has 0 aromatic carbocycles. The van der Waals surface area contributed by atoms with Gasteiger partial charge in [0.1, 0.15) is 12.8 Å². The molecule has 0 rings (SSSR count). The normalized spacial score (nSPS) is 16.4. The first kappa shape index (κ1) is 13.7. The average Bonchev–Trinajstić information content (AvgIpc) is 2.03. The highest BCUT2D eigenvalue weighted by Crippen LogP contribution is 2.23. The Balaban J connectivity index is 4.68. The average molecular weight is 198 g/mol. The fourth-order valence-electron chi connectivity index (χ4n) is 2.03. The highest BCUT2D eigenvalue weighted by molar-refractivity contribution is 5.15. The molecule has 0 heterocycles. The van der Waals surface area contributed by atoms with Gasteiger partial charge in [-0.25, -0.2) is 4.58 Å². The molecule has 0 N–H and O–H groups in total. The van der Waals surface area contributed by atoms with Crippen molar-refractivity contribution in [2.24, 2.45) is 17.8 Å². The van der Waals surface area contributed by atoms with Gasteiger partial charge >= 0.3 is 0 Å². The lowest BCUT2D eigenvalue weighted by Gasteiger charge is -2.28. The molecule has 0 bridgehead atoms. The molecule has 0 fully saturated rings. The Labute approximate surface area is 90.2 Å². The summed E-state index contributed by atoms with van der Waals surface area (Å²) in [7, 11) is 0. The molecule has 14 heavy (non-hydrogen) atoms. The van der Waals surface area contributed by atoms with Crippen LogP contribution in [0.2, 0.25) is 0 Å². The quantitative estimate of drug-likeness (QED) is 0.470. The molecule has 0 saturated carbocycles. The van der Waals surface area contributed by atoms with E-state index in [0.29, 0.717) is 23.9 Å². The molecule has 0 aromatic rings. The summed E-state index contributed by atoms with van der Waals surface area (Å²) in [6, 6.07) is 1.12. The van der Waals surface area contributed by atoms with E-state index in [1.807, 2.05) is 0 Å². The third-order valence-corrected chi connectivity index (χ3v) is 3.32. The van der Waals surface area contributed by atoms with E-state index in [-0.39, 0.29) is 0 Å². The number of nitrogens with zero attached hydrogens (tertiary/aromatic N) is 1. The Morgan fingerprint density at radius 3 is 1.43 bits per heavy atom. The van der Waals surface area contributed by atoms with Crippen molar-refractivity contribution in [1.82, 2.24) is 0 Å². The second kappa shape index (κ2) is 5.53. The van der Waals surface area contributed by atoms with Crippen LogP contribution in [-0.4, -0.2) is 23.4 Å². The highest BCUT2D eigenvalue weighted by atomic mass is 15.1. The van der Waals surface area contributed by atoms with Crippen molar-refractivity contribution in [2.45, 2.75) is 60.5 Å². The summed E-state index contributed by atoms with van der Waals surface area (Å²) in [5.41, 5.74) is 0. The molecule has 0 aliphatic carbocycles. The second-order valence-electron chi connectivity index (χ2n) is 5.45. The topological polar surface area (TPSA) is 3.01 Å². The van der Waals surface area contributed by atoms with E-state index in [0.717, 1.165) is 5.92 Å². The van der Waals surface area contributed by atoms with E-state index >= 15 is 0 Å². The predicted octanol–water partition coefficient (Wildman–Crippen LogP) is 3.42. The van der Waals surface area contributed by atoms with Crippen LogP contribution in [0.5, 0.6) is 0 Å². The van der Waals surface area contributed by atoms with Crippen molar-refractivity contribution >= 4 is 6.72 Å². The molecule has 0 amide bonds. The Morgan fingerprint density at radius 1 is 0.786 bits per heavy atom. The lowest BCUT2D eigenvalue weighted by Crippen LogP contribution is -2.41. The smallest absolute Gasteiger partial charge is 0.157 e. The lowest BCUT2D eigenvalue weighted by atomic mass is 9.83. The zero-order valence-corrected chi connectivity index (χ0v) is 11.0. The van der Waals surface area contributed by atoms with E-state index in [9.17, 15) is 0 Å². The zero-order chi connectivity index (χ0) is 11.5. The minimum absolute atomic E-state index is 0.531. The predicted molar refractivity (Wildman–Crippen MR) is 65.1 cm³/mol. The van der Waals surface area contributed by atoms with Gasteiger partial charge in [0, 0.05) is 11.8 Å². The third-order valence-electron chi connectivity index (χ3n) is 3.32. The van der Waals surface area contributed by atoms with Crippen LogP contribution >= 0.6 is 0 Å². The monoisotopic (exact) mass is 198 g/mol. The Kier molecular flexibility index (Phi) is 5.40. The molecule has 2 atom stereocenters. The van der Waals surface area contributed by atoms with E-state index in [2.05, 4.69) is 59.8 Å². The van der Waals surface area contributed by atoms with Crippen LogP contribution in [0.15, 0.2) is 0 Å². The van der Waals surface area contributed by atoms with Gasteiger partial charge in [-0.05, 0) is 19.8 Å². The van der Waals surface area contributed by atoms with Crippen molar-refractivity contribution in [3.63, 3.8) is 0 Å². The molecule has 0 radical (unpaired) electrons. The minimum Gasteiger partial charge on any atom is -0.237 e. The second-order valence-corrected chi connectivity index (χ2v) is 5.45. The lowest BCUT2D eigenvalue weighted by molar-refractivity contribution is -0.603. The van der Waals surface area contributed by atoms with Crippen LogP contribution in [-0.2, 0) is 0 Å². The maximum Gasteiger partial charge on any atom is 0.157 e. The minimum atomic E-state index is 0.531. The molecule has 1 heteroatoms. The Morgan fingerprint density at radius 2 is 1.21 bits per heavy atom. The largest absolute Gasteiger partial charge is 0.237 e. The summed E-state index contributed by atoms with van der Waals surface area (Å²) >= 11 is 0. The van der Waals surface area contributed by atoms with E-state index in [1.54, 1.807) is 0 Å². The Bertz CT molecular complexity index is 180. The van der Waals surface area contributed by atoms with Crippen molar-refractivity contribution in [2.75, 3.05) is 0 Å². The molecule has 1 nitrogen and oxygen atoms in total. The van der Waals surface area contributed by atoms with Gasteiger partial charge < -0.3 is 0 Å². The number of hydrogen-bond acceptors (Lipinski definition) is 0. The summed E-state index contributed by atoms with van der Waals surface area (Å²) in [4.78, 5) is 0. The van der Waals surface area contributed by atoms with E-state index in [4.69, 9.17) is 0 Å². The van der Waals surface area contributed by atoms with Crippen LogP contribution < -0.4 is 0 Å². The highest BCUT2D eigenvalue weighted by Gasteiger charge is 2.32. The maximum atomic E-state index is 4.20. The summed E-state index contributed by atoms with van der Waals surface area (Å²) in [5, 5.41) is 0. The molecular formula is C13H28N+. The molecule has 0 aromatic heterocycles. The fourth-order valence-corrected chi connectivity index (χ4v) is 2.03. The summed E-state index contributed by atoms with van der Waals surface area (Å²) in [5.74, 6) is 2.10. The maximum absolute atomic E-state index is 4.20. The van der Waals surface area contributed by atoms with E-state index in [1.165, 1.54) is 0 Å². The molecule has 0 aliphatic heterocycles. The van der Waals surface area contributed by atoms with Gasteiger partial charge in [-0.2, -0.15) is 0 Å². The molecule has 84 valence electrons. The van der Waals surface area contributed by atoms with Crippen LogP contribution in [0.3, 0.4) is 0 Å². The van der Waals surface area contributed by atoms with Gasteiger partial charge in [0.2, 0.25) is 0 Å². The van der Waals surface area contributed by atoms with Crippen LogP contribution in [0.1, 0.15) is 48.5 Å². The van der Waals surface area contributed by atoms with Gasteiger partial charge in [0.05, 0.1) is 0 Å². The van der Waals surface area contributed by atoms with Crippen molar-refractivity contribution < 1.29 is 4.58 Å². The first-order valence-electron chi connectivity index (χ1n) is 5.87. The van der Waals surface area contributed by atoms with Crippen LogP contribution in [0.25, 0.3) is 0 Å². The number of rotatable bonds is 5. The Hall–Kier alpha value is -0.330. The summed E-state index contributed by atoms with van der Waals surface area (Å²) in [6.45, 7) is 20.2. The molecule has 2 unspecified atom stereocenters. The zero-order valence-electron chi connectivity index (χ0n) is 11.0. The van der Waals surface area contributed by atoms with Crippen molar-refractivity contribution in [3.8, 4) is 0 Å². The molecular weight excluding hydrogens is 170 g/mol. The van der Waals surface area contributed by atoms with Crippen LogP contribution in [0, 0.1) is 17.8 Å². The first-order valence-corrected chi connectivity index (χ1v) is 5.87. The van der Waals surface area contributed by atoms with Gasteiger partial charge in [-0.15, -0.1) is 0 Å². The van der Waals surface area contributed by atoms with Crippen molar-refractivity contribution in [3.05, 3.63) is 0 Å². The summed E-state index contributed by atoms with van der Waals surface area (Å²) < 4.78 is 2.27. The standard InChI is InChI=1S/C13H28N/c1-9(2)12(7)13(10(3)4)14(8)11(5)6/h9-13H,8H2,1-7H3/q+1. The van der Waals surface area contributed by atoms with Gasteiger partial charge in [-0.1, -0.05) is 34.6 Å². The molecule has 0 aliphatic rings. The SMILES string of the molecule is C=[N+](C(C)C)C(C(C)C)C(C)C(C)C. The van der Waals surface area contributed by atoms with Gasteiger partial charge in [-0.3, -0.25) is 0 Å². The van der Waals surface area contributed by atoms with Gasteiger partial charge in [0.15, 0.2) is 6.04 Å². The summed E-state index contributed by atoms with van der Waals surface area (Å²) in [6.07, 6.45) is 0.